The molecule has 0 amide bonds. The van der Waals surface area contributed by atoms with Gasteiger partial charge in [0.25, 0.3) is 0 Å². The van der Waals surface area contributed by atoms with E-state index in [-0.39, 0.29) is 0 Å². The lowest BCUT2D eigenvalue weighted by Gasteiger charge is -2.24. The molecule has 1 unspecified atom stereocenters. The number of hydrogen-bond acceptors (Lipinski definition) is 4. The van der Waals surface area contributed by atoms with Crippen LogP contribution in [-0.2, 0) is 13.6 Å². The van der Waals surface area contributed by atoms with Crippen molar-refractivity contribution >= 4 is 11.0 Å². The van der Waals surface area contributed by atoms with Gasteiger partial charge in [0.1, 0.15) is 12.4 Å². The van der Waals surface area contributed by atoms with E-state index in [2.05, 4.69) is 53.4 Å². The minimum absolute atomic E-state index is 0.333. The van der Waals surface area contributed by atoms with E-state index in [0.29, 0.717) is 12.6 Å². The molecule has 146 valence electrons. The van der Waals surface area contributed by atoms with Crippen molar-refractivity contribution in [1.29, 1.82) is 0 Å². The summed E-state index contributed by atoms with van der Waals surface area (Å²) in [4.78, 5) is 7.45. The summed E-state index contributed by atoms with van der Waals surface area (Å²) < 4.78 is 13.4. The Morgan fingerprint density at radius 1 is 1.21 bits per heavy atom. The maximum Gasteiger partial charge on any atom is 0.161 e. The fourth-order valence-electron chi connectivity index (χ4n) is 4.08. The highest BCUT2D eigenvalue weighted by Crippen LogP contribution is 2.35. The zero-order chi connectivity index (χ0) is 19.5. The van der Waals surface area contributed by atoms with Crippen LogP contribution in [0.3, 0.4) is 0 Å². The maximum atomic E-state index is 5.67. The molecule has 1 aliphatic heterocycles. The second kappa shape index (κ2) is 8.07. The molecule has 0 saturated carbocycles. The van der Waals surface area contributed by atoms with Crippen LogP contribution in [0.2, 0.25) is 0 Å². The molecule has 2 heterocycles. The van der Waals surface area contributed by atoms with Gasteiger partial charge in [0.05, 0.1) is 24.2 Å². The summed E-state index contributed by atoms with van der Waals surface area (Å²) in [5.74, 6) is 2.66. The Morgan fingerprint density at radius 3 is 2.86 bits per heavy atom. The van der Waals surface area contributed by atoms with Crippen molar-refractivity contribution in [3.05, 3.63) is 66.5 Å². The van der Waals surface area contributed by atoms with E-state index in [1.165, 1.54) is 17.5 Å². The minimum atomic E-state index is 0.333. The Hall–Kier alpha value is -2.79. The molecule has 2 aromatic carbocycles. The number of para-hydroxylation sites is 2. The summed E-state index contributed by atoms with van der Waals surface area (Å²) >= 11 is 0. The third-order valence-electron chi connectivity index (χ3n) is 5.45. The van der Waals surface area contributed by atoms with Crippen LogP contribution in [0.1, 0.15) is 30.3 Å². The fraction of sp³-hybridized carbons (Fsp3) is 0.348. The van der Waals surface area contributed by atoms with Gasteiger partial charge in [-0.1, -0.05) is 30.9 Å². The monoisotopic (exact) mass is 377 g/mol. The van der Waals surface area contributed by atoms with Crippen molar-refractivity contribution in [3.63, 3.8) is 0 Å². The Labute approximate surface area is 166 Å². The first-order valence-corrected chi connectivity index (χ1v) is 9.77. The van der Waals surface area contributed by atoms with Gasteiger partial charge in [0, 0.05) is 13.6 Å². The standard InChI is InChI=1S/C23H27N3O2/c1-4-14-28-21-12-11-17(15-22(21)27-3)16-26-13-7-10-20(26)23-24-18-8-5-6-9-19(18)25(23)2/h4-6,8-9,11-12,15,20H,1,7,10,13-14,16H2,2-3H3. The van der Waals surface area contributed by atoms with Gasteiger partial charge in [0.15, 0.2) is 11.5 Å². The lowest BCUT2D eigenvalue weighted by atomic mass is 10.1. The third kappa shape index (κ3) is 3.50. The predicted octanol–water partition coefficient (Wildman–Crippen LogP) is 4.48. The molecule has 4 rings (SSSR count). The predicted molar refractivity (Wildman–Crippen MR) is 112 cm³/mol. The van der Waals surface area contributed by atoms with Crippen LogP contribution in [0.15, 0.2) is 55.1 Å². The zero-order valence-electron chi connectivity index (χ0n) is 16.6. The van der Waals surface area contributed by atoms with Gasteiger partial charge in [-0.25, -0.2) is 4.98 Å². The van der Waals surface area contributed by atoms with Crippen LogP contribution in [0.25, 0.3) is 11.0 Å². The Kier molecular flexibility index (Phi) is 5.35. The van der Waals surface area contributed by atoms with Crippen molar-refractivity contribution in [2.45, 2.75) is 25.4 Å². The molecule has 0 bridgehead atoms. The number of fused-ring (bicyclic) bond motifs is 1. The molecule has 1 aliphatic rings. The molecule has 1 fully saturated rings. The van der Waals surface area contributed by atoms with E-state index >= 15 is 0 Å². The molecule has 1 aromatic heterocycles. The van der Waals surface area contributed by atoms with Gasteiger partial charge in [0.2, 0.25) is 0 Å². The van der Waals surface area contributed by atoms with Gasteiger partial charge in [-0.05, 0) is 49.2 Å². The third-order valence-corrected chi connectivity index (χ3v) is 5.45. The number of methoxy groups -OCH3 is 1. The van der Waals surface area contributed by atoms with Gasteiger partial charge >= 0.3 is 0 Å². The lowest BCUT2D eigenvalue weighted by Crippen LogP contribution is -2.24. The SMILES string of the molecule is C=CCOc1ccc(CN2CCCC2c2nc3ccccc3n2C)cc1OC. The number of nitrogens with zero attached hydrogens (tertiary/aromatic N) is 3. The second-order valence-electron chi connectivity index (χ2n) is 7.23. The van der Waals surface area contributed by atoms with Crippen molar-refractivity contribution in [3.8, 4) is 11.5 Å². The first-order chi connectivity index (χ1) is 13.7. The second-order valence-corrected chi connectivity index (χ2v) is 7.23. The molecule has 1 saturated heterocycles. The zero-order valence-corrected chi connectivity index (χ0v) is 16.6. The molecule has 5 nitrogen and oxygen atoms in total. The van der Waals surface area contributed by atoms with E-state index in [9.17, 15) is 0 Å². The molecule has 1 atom stereocenters. The highest BCUT2D eigenvalue weighted by molar-refractivity contribution is 5.75. The Balaban J connectivity index is 1.57. The van der Waals surface area contributed by atoms with Crippen LogP contribution >= 0.6 is 0 Å². The van der Waals surface area contributed by atoms with Crippen molar-refractivity contribution in [2.75, 3.05) is 20.3 Å². The number of ether oxygens (including phenoxy) is 2. The van der Waals surface area contributed by atoms with Gasteiger partial charge in [-0.3, -0.25) is 4.90 Å². The largest absolute Gasteiger partial charge is 0.493 e. The molecule has 0 N–H and O–H groups in total. The fourth-order valence-corrected chi connectivity index (χ4v) is 4.08. The number of likely N-dealkylation sites (tertiary alicyclic amines) is 1. The van der Waals surface area contributed by atoms with Crippen molar-refractivity contribution in [1.82, 2.24) is 14.5 Å². The smallest absolute Gasteiger partial charge is 0.161 e. The normalized spacial score (nSPS) is 17.1. The topological polar surface area (TPSA) is 39.5 Å². The van der Waals surface area contributed by atoms with E-state index in [0.717, 1.165) is 42.4 Å². The summed E-state index contributed by atoms with van der Waals surface area (Å²) in [6.45, 7) is 6.11. The average Bonchev–Trinajstić information content (AvgIpc) is 3.31. The highest BCUT2D eigenvalue weighted by atomic mass is 16.5. The van der Waals surface area contributed by atoms with Crippen LogP contribution in [0.4, 0.5) is 0 Å². The quantitative estimate of drug-likeness (QED) is 0.569. The summed E-state index contributed by atoms with van der Waals surface area (Å²) in [5.41, 5.74) is 3.47. The number of imidazole rings is 1. The minimum Gasteiger partial charge on any atom is -0.493 e. The number of aromatic nitrogens is 2. The Bertz CT molecular complexity index is 979. The molecular weight excluding hydrogens is 350 g/mol. The van der Waals surface area contributed by atoms with E-state index < -0.39 is 0 Å². The number of aryl methyl sites for hydroxylation is 1. The van der Waals surface area contributed by atoms with Crippen molar-refractivity contribution in [2.24, 2.45) is 7.05 Å². The van der Waals surface area contributed by atoms with Crippen LogP contribution in [0, 0.1) is 0 Å². The molecular formula is C23H27N3O2. The summed E-state index contributed by atoms with van der Waals surface area (Å²) in [5, 5.41) is 0. The van der Waals surface area contributed by atoms with Gasteiger partial charge < -0.3 is 14.0 Å². The summed E-state index contributed by atoms with van der Waals surface area (Å²) in [7, 11) is 3.80. The maximum absolute atomic E-state index is 5.67. The van der Waals surface area contributed by atoms with E-state index in [1.54, 1.807) is 13.2 Å². The van der Waals surface area contributed by atoms with Crippen LogP contribution in [-0.4, -0.2) is 34.7 Å². The number of hydrogen-bond donors (Lipinski definition) is 0. The van der Waals surface area contributed by atoms with E-state index in [4.69, 9.17) is 14.5 Å². The first-order valence-electron chi connectivity index (χ1n) is 9.77. The lowest BCUT2D eigenvalue weighted by molar-refractivity contribution is 0.236. The number of rotatable bonds is 7. The van der Waals surface area contributed by atoms with Crippen LogP contribution < -0.4 is 9.47 Å². The molecule has 0 radical (unpaired) electrons. The molecule has 5 heteroatoms. The Morgan fingerprint density at radius 2 is 2.07 bits per heavy atom. The number of benzene rings is 2. The molecule has 28 heavy (non-hydrogen) atoms. The highest BCUT2D eigenvalue weighted by Gasteiger charge is 2.30. The first kappa shape index (κ1) is 18.6. The average molecular weight is 377 g/mol. The van der Waals surface area contributed by atoms with E-state index in [1.807, 2.05) is 12.1 Å². The van der Waals surface area contributed by atoms with Crippen LogP contribution in [0.5, 0.6) is 11.5 Å². The molecule has 0 spiro atoms. The summed E-state index contributed by atoms with van der Waals surface area (Å²) in [6, 6.07) is 14.9. The van der Waals surface area contributed by atoms with Crippen molar-refractivity contribution < 1.29 is 9.47 Å². The van der Waals surface area contributed by atoms with Gasteiger partial charge in [-0.15, -0.1) is 0 Å². The molecule has 0 aliphatic carbocycles. The summed E-state index contributed by atoms with van der Waals surface area (Å²) in [6.07, 6.45) is 4.05. The van der Waals surface area contributed by atoms with Gasteiger partial charge in [-0.2, -0.15) is 0 Å². The molecule has 3 aromatic rings.